The van der Waals surface area contributed by atoms with Crippen molar-refractivity contribution in [2.75, 3.05) is 19.6 Å². The lowest BCUT2D eigenvalue weighted by Gasteiger charge is -2.32. The summed E-state index contributed by atoms with van der Waals surface area (Å²) in [4.78, 5) is 26.9. The molecule has 100 valence electrons. The lowest BCUT2D eigenvalue weighted by atomic mass is 10.2. The Labute approximate surface area is 115 Å². The van der Waals surface area contributed by atoms with Crippen molar-refractivity contribution in [1.29, 1.82) is 0 Å². The van der Waals surface area contributed by atoms with Crippen LogP contribution in [0.15, 0.2) is 12.1 Å². The predicted octanol–water partition coefficient (Wildman–Crippen LogP) is 0.0188. The standard InChI is InChI=1S/C13H15N3O2S/c1-9-12(17)15-7-8-16(9)13(18)11-5-4-10(19-11)3-2-6-14/h4-5,9H,6-8,14H2,1H3,(H,15,17). The summed E-state index contributed by atoms with van der Waals surface area (Å²) in [6.07, 6.45) is 0. The second-order valence-corrected chi connectivity index (χ2v) is 5.22. The minimum absolute atomic E-state index is 0.112. The molecule has 2 rings (SSSR count). The second-order valence-electron chi connectivity index (χ2n) is 4.14. The Bertz CT molecular complexity index is 556. The summed E-state index contributed by atoms with van der Waals surface area (Å²) in [6.45, 7) is 3.06. The summed E-state index contributed by atoms with van der Waals surface area (Å²) in [5.41, 5.74) is 5.30. The minimum Gasteiger partial charge on any atom is -0.353 e. The van der Waals surface area contributed by atoms with E-state index >= 15 is 0 Å². The summed E-state index contributed by atoms with van der Waals surface area (Å²) in [7, 11) is 0. The molecule has 1 saturated heterocycles. The molecule has 1 aromatic rings. The summed E-state index contributed by atoms with van der Waals surface area (Å²) in [6, 6.07) is 3.11. The van der Waals surface area contributed by atoms with E-state index in [4.69, 9.17) is 5.73 Å². The van der Waals surface area contributed by atoms with Gasteiger partial charge in [0.1, 0.15) is 6.04 Å². The van der Waals surface area contributed by atoms with E-state index in [9.17, 15) is 9.59 Å². The molecule has 1 aromatic heterocycles. The monoisotopic (exact) mass is 277 g/mol. The van der Waals surface area contributed by atoms with Gasteiger partial charge in [-0.25, -0.2) is 0 Å². The molecular formula is C13H15N3O2S. The summed E-state index contributed by atoms with van der Waals surface area (Å²) >= 11 is 1.33. The molecule has 0 spiro atoms. The van der Waals surface area contributed by atoms with Gasteiger partial charge >= 0.3 is 0 Å². The zero-order valence-corrected chi connectivity index (χ0v) is 11.4. The molecule has 19 heavy (non-hydrogen) atoms. The van der Waals surface area contributed by atoms with Crippen LogP contribution in [-0.2, 0) is 4.79 Å². The van der Waals surface area contributed by atoms with Crippen molar-refractivity contribution in [1.82, 2.24) is 10.2 Å². The number of amides is 2. The van der Waals surface area contributed by atoms with Crippen LogP contribution >= 0.6 is 11.3 Å². The normalized spacial score (nSPS) is 18.5. The Hall–Kier alpha value is -1.84. The van der Waals surface area contributed by atoms with Crippen LogP contribution in [0.25, 0.3) is 0 Å². The number of nitrogens with zero attached hydrogens (tertiary/aromatic N) is 1. The number of carbonyl (C=O) groups is 2. The molecule has 2 amide bonds. The zero-order valence-electron chi connectivity index (χ0n) is 10.6. The molecule has 1 atom stereocenters. The van der Waals surface area contributed by atoms with E-state index in [1.807, 2.05) is 0 Å². The molecule has 1 unspecified atom stereocenters. The highest BCUT2D eigenvalue weighted by Gasteiger charge is 2.30. The fourth-order valence-corrected chi connectivity index (χ4v) is 2.70. The summed E-state index contributed by atoms with van der Waals surface area (Å²) < 4.78 is 0. The first kappa shape index (κ1) is 13.6. The van der Waals surface area contributed by atoms with Gasteiger partial charge < -0.3 is 16.0 Å². The van der Waals surface area contributed by atoms with Crippen molar-refractivity contribution in [3.63, 3.8) is 0 Å². The molecule has 3 N–H and O–H groups in total. The maximum atomic E-state index is 12.3. The van der Waals surface area contributed by atoms with Gasteiger partial charge in [-0.15, -0.1) is 11.3 Å². The van der Waals surface area contributed by atoms with Gasteiger partial charge in [0.25, 0.3) is 5.91 Å². The Kier molecular flexibility index (Phi) is 4.20. The van der Waals surface area contributed by atoms with Crippen LogP contribution in [0, 0.1) is 11.8 Å². The lowest BCUT2D eigenvalue weighted by molar-refractivity contribution is -0.127. The largest absolute Gasteiger partial charge is 0.353 e. The first-order valence-corrected chi connectivity index (χ1v) is 6.82. The Morgan fingerprint density at radius 3 is 3.16 bits per heavy atom. The van der Waals surface area contributed by atoms with E-state index in [1.165, 1.54) is 11.3 Å². The van der Waals surface area contributed by atoms with E-state index in [-0.39, 0.29) is 11.8 Å². The number of piperazine rings is 1. The quantitative estimate of drug-likeness (QED) is 0.711. The average Bonchev–Trinajstić information content (AvgIpc) is 2.87. The lowest BCUT2D eigenvalue weighted by Crippen LogP contribution is -2.55. The van der Waals surface area contributed by atoms with E-state index in [0.717, 1.165) is 4.88 Å². The van der Waals surface area contributed by atoms with Crippen LogP contribution in [0.4, 0.5) is 0 Å². The number of hydrogen-bond donors (Lipinski definition) is 2. The maximum Gasteiger partial charge on any atom is 0.264 e. The molecule has 1 aliphatic heterocycles. The van der Waals surface area contributed by atoms with Gasteiger partial charge in [-0.05, 0) is 19.1 Å². The Morgan fingerprint density at radius 2 is 2.42 bits per heavy atom. The van der Waals surface area contributed by atoms with Gasteiger partial charge in [0.15, 0.2) is 0 Å². The van der Waals surface area contributed by atoms with Crippen molar-refractivity contribution >= 4 is 23.2 Å². The number of hydrogen-bond acceptors (Lipinski definition) is 4. The molecular weight excluding hydrogens is 262 g/mol. The highest BCUT2D eigenvalue weighted by atomic mass is 32.1. The van der Waals surface area contributed by atoms with Crippen molar-refractivity contribution in [3.8, 4) is 11.8 Å². The third kappa shape index (κ3) is 2.95. The number of carbonyl (C=O) groups excluding carboxylic acids is 2. The molecule has 0 bridgehead atoms. The van der Waals surface area contributed by atoms with Crippen LogP contribution in [-0.4, -0.2) is 42.4 Å². The maximum absolute atomic E-state index is 12.3. The topological polar surface area (TPSA) is 75.4 Å². The first-order chi connectivity index (χ1) is 9.13. The molecule has 1 fully saturated rings. The van der Waals surface area contributed by atoms with E-state index < -0.39 is 6.04 Å². The highest BCUT2D eigenvalue weighted by Crippen LogP contribution is 2.19. The third-order valence-electron chi connectivity index (χ3n) is 2.89. The Balaban J connectivity index is 2.15. The number of rotatable bonds is 1. The predicted molar refractivity (Wildman–Crippen MR) is 73.8 cm³/mol. The van der Waals surface area contributed by atoms with Crippen LogP contribution < -0.4 is 11.1 Å². The number of nitrogens with one attached hydrogen (secondary N) is 1. The third-order valence-corrected chi connectivity index (χ3v) is 3.88. The van der Waals surface area contributed by atoms with Crippen molar-refractivity contribution in [3.05, 3.63) is 21.9 Å². The van der Waals surface area contributed by atoms with Crippen LogP contribution in [0.1, 0.15) is 21.5 Å². The van der Waals surface area contributed by atoms with Gasteiger partial charge in [0, 0.05) is 13.1 Å². The fourth-order valence-electron chi connectivity index (χ4n) is 1.86. The number of nitrogens with two attached hydrogens (primary N) is 1. The zero-order chi connectivity index (χ0) is 13.8. The van der Waals surface area contributed by atoms with Crippen LogP contribution in [0.3, 0.4) is 0 Å². The van der Waals surface area contributed by atoms with Crippen molar-refractivity contribution in [2.24, 2.45) is 5.73 Å². The average molecular weight is 277 g/mol. The van der Waals surface area contributed by atoms with Gasteiger partial charge in [-0.1, -0.05) is 11.8 Å². The summed E-state index contributed by atoms with van der Waals surface area (Å²) in [5.74, 6) is 5.42. The van der Waals surface area contributed by atoms with Gasteiger partial charge in [-0.3, -0.25) is 9.59 Å². The number of thiophene rings is 1. The molecule has 1 aliphatic rings. The molecule has 0 saturated carbocycles. The van der Waals surface area contributed by atoms with Crippen molar-refractivity contribution < 1.29 is 9.59 Å². The van der Waals surface area contributed by atoms with Gasteiger partial charge in [0.2, 0.25) is 5.91 Å². The highest BCUT2D eigenvalue weighted by molar-refractivity contribution is 7.14. The van der Waals surface area contributed by atoms with Crippen LogP contribution in [0.5, 0.6) is 0 Å². The van der Waals surface area contributed by atoms with Crippen LogP contribution in [0.2, 0.25) is 0 Å². The van der Waals surface area contributed by atoms with Crippen molar-refractivity contribution in [2.45, 2.75) is 13.0 Å². The second kappa shape index (κ2) is 5.87. The Morgan fingerprint density at radius 1 is 1.63 bits per heavy atom. The van der Waals surface area contributed by atoms with Gasteiger partial charge in [0.05, 0.1) is 16.3 Å². The minimum atomic E-state index is -0.429. The van der Waals surface area contributed by atoms with Gasteiger partial charge in [-0.2, -0.15) is 0 Å². The molecule has 0 aromatic carbocycles. The molecule has 6 heteroatoms. The SMILES string of the molecule is CC1C(=O)NCCN1C(=O)c1ccc(C#CCN)s1. The van der Waals surface area contributed by atoms with E-state index in [1.54, 1.807) is 24.0 Å². The molecule has 0 aliphatic carbocycles. The molecule has 2 heterocycles. The first-order valence-electron chi connectivity index (χ1n) is 6.01. The van der Waals surface area contributed by atoms with E-state index in [0.29, 0.717) is 24.5 Å². The molecule has 0 radical (unpaired) electrons. The molecule has 5 nitrogen and oxygen atoms in total. The summed E-state index contributed by atoms with van der Waals surface area (Å²) in [5, 5.41) is 2.74. The fraction of sp³-hybridized carbons (Fsp3) is 0.385. The van der Waals surface area contributed by atoms with E-state index in [2.05, 4.69) is 17.2 Å². The smallest absolute Gasteiger partial charge is 0.264 e.